The Bertz CT molecular complexity index is 46.5. The van der Waals surface area contributed by atoms with Gasteiger partial charge in [0, 0.05) is 0 Å². The van der Waals surface area contributed by atoms with Gasteiger partial charge < -0.3 is 5.11 Å². The van der Waals surface area contributed by atoms with Crippen LogP contribution < -0.4 is 24.0 Å². The van der Waals surface area contributed by atoms with E-state index >= 15 is 0 Å². The molecule has 0 aromatic rings. The minimum absolute atomic E-state index is 0. The minimum Gasteiger partial charge on any atom is -0.854 e. The van der Waals surface area contributed by atoms with Gasteiger partial charge in [0.05, 0.1) is 0 Å². The smallest absolute Gasteiger partial charge is 0.854 e. The Morgan fingerprint density at radius 3 is 1.75 bits per heavy atom. The van der Waals surface area contributed by atoms with Crippen molar-refractivity contribution in [3.05, 3.63) is 0 Å². The van der Waals surface area contributed by atoms with Crippen LogP contribution in [-0.2, 0) is 0 Å². The summed E-state index contributed by atoms with van der Waals surface area (Å²) in [5.74, 6) is 0. The summed E-state index contributed by atoms with van der Waals surface area (Å²) < 4.78 is 0. The van der Waals surface area contributed by atoms with Crippen molar-refractivity contribution in [2.24, 2.45) is 5.41 Å². The van der Waals surface area contributed by atoms with E-state index in [1.54, 1.807) is 0 Å². The zero-order chi connectivity index (χ0) is 5.91. The summed E-state index contributed by atoms with van der Waals surface area (Å²) in [5, 5.41) is 10.2. The first-order chi connectivity index (χ1) is 3.12. The summed E-state index contributed by atoms with van der Waals surface area (Å²) >= 11 is 0. The molecule has 0 fully saturated rings. The fraction of sp³-hybridized carbons (Fsp3) is 1.00. The number of hydrogen-bond donors (Lipinski definition) is 0. The third kappa shape index (κ3) is 4.71. The van der Waals surface area contributed by atoms with Crippen molar-refractivity contribution < 1.29 is 24.0 Å². The van der Waals surface area contributed by atoms with E-state index in [1.165, 1.54) is 0 Å². The van der Waals surface area contributed by atoms with Crippen LogP contribution in [0.3, 0.4) is 0 Å². The maximum atomic E-state index is 10.2. The summed E-state index contributed by atoms with van der Waals surface area (Å²) in [5.41, 5.74) is 0.0278. The Balaban J connectivity index is 0. The standard InChI is InChI=1S/C6H13O.Li/c1-4-6(2,3)5-7;/h4-5H2,1-3H3;/q-1;+1. The second-order valence-corrected chi connectivity index (χ2v) is 2.66. The van der Waals surface area contributed by atoms with Crippen LogP contribution in [0.15, 0.2) is 0 Å². The molecule has 0 saturated carbocycles. The molecule has 0 rings (SSSR count). The van der Waals surface area contributed by atoms with E-state index in [4.69, 9.17) is 0 Å². The van der Waals surface area contributed by atoms with Gasteiger partial charge in [-0.1, -0.05) is 32.6 Å². The fourth-order valence-electron chi connectivity index (χ4n) is 0.102. The van der Waals surface area contributed by atoms with E-state index in [0.29, 0.717) is 0 Å². The maximum Gasteiger partial charge on any atom is 1.00 e. The molecule has 0 bridgehead atoms. The molecule has 44 valence electrons. The third-order valence-electron chi connectivity index (χ3n) is 1.35. The van der Waals surface area contributed by atoms with E-state index in [0.717, 1.165) is 6.42 Å². The van der Waals surface area contributed by atoms with Crippen LogP contribution >= 0.6 is 0 Å². The summed E-state index contributed by atoms with van der Waals surface area (Å²) in [6, 6.07) is 0. The molecule has 8 heavy (non-hydrogen) atoms. The summed E-state index contributed by atoms with van der Waals surface area (Å²) in [4.78, 5) is 0. The average Bonchev–Trinajstić information content (AvgIpc) is 1.68. The van der Waals surface area contributed by atoms with Crippen molar-refractivity contribution in [3.63, 3.8) is 0 Å². The van der Waals surface area contributed by atoms with Gasteiger partial charge in [-0.2, -0.15) is 0 Å². The molecule has 0 heterocycles. The van der Waals surface area contributed by atoms with E-state index in [-0.39, 0.29) is 30.9 Å². The Hall–Kier alpha value is 0.557. The van der Waals surface area contributed by atoms with Crippen LogP contribution in [0.25, 0.3) is 0 Å². The monoisotopic (exact) mass is 108 g/mol. The molecule has 0 aromatic carbocycles. The second-order valence-electron chi connectivity index (χ2n) is 2.66. The first-order valence-corrected chi connectivity index (χ1v) is 2.70. The Kier molecular flexibility index (Phi) is 6.31. The maximum absolute atomic E-state index is 10.2. The zero-order valence-corrected chi connectivity index (χ0v) is 6.32. The molecule has 0 unspecified atom stereocenters. The van der Waals surface area contributed by atoms with Gasteiger partial charge in [-0.05, 0) is 0 Å². The molecule has 2 heteroatoms. The van der Waals surface area contributed by atoms with Gasteiger partial charge in [0.15, 0.2) is 0 Å². The van der Waals surface area contributed by atoms with E-state index in [2.05, 4.69) is 0 Å². The van der Waals surface area contributed by atoms with E-state index in [1.807, 2.05) is 20.8 Å². The first kappa shape index (κ1) is 11.4. The molecule has 1 nitrogen and oxygen atoms in total. The zero-order valence-electron chi connectivity index (χ0n) is 6.32. The quantitative estimate of drug-likeness (QED) is 0.368. The van der Waals surface area contributed by atoms with E-state index < -0.39 is 0 Å². The van der Waals surface area contributed by atoms with Gasteiger partial charge in [-0.25, -0.2) is 0 Å². The van der Waals surface area contributed by atoms with Gasteiger partial charge in [-0.3, -0.25) is 0 Å². The largest absolute Gasteiger partial charge is 1.00 e. The van der Waals surface area contributed by atoms with Gasteiger partial charge in [0.1, 0.15) is 0 Å². The molecular formula is C6H13LiO. The average molecular weight is 108 g/mol. The van der Waals surface area contributed by atoms with Crippen molar-refractivity contribution in [1.82, 2.24) is 0 Å². The van der Waals surface area contributed by atoms with Crippen molar-refractivity contribution in [2.45, 2.75) is 27.2 Å². The SMILES string of the molecule is CCC(C)(C)C[O-].[Li+]. The predicted molar refractivity (Wildman–Crippen MR) is 28.9 cm³/mol. The van der Waals surface area contributed by atoms with Crippen molar-refractivity contribution in [3.8, 4) is 0 Å². The predicted octanol–water partition coefficient (Wildman–Crippen LogP) is -2.21. The van der Waals surface area contributed by atoms with Gasteiger partial charge in [-0.15, -0.1) is 6.61 Å². The van der Waals surface area contributed by atoms with Crippen LogP contribution in [0, 0.1) is 5.41 Å². The van der Waals surface area contributed by atoms with Crippen LogP contribution in [0.5, 0.6) is 0 Å². The van der Waals surface area contributed by atoms with Crippen molar-refractivity contribution >= 4 is 0 Å². The molecule has 0 amide bonds. The molecule has 0 saturated heterocycles. The van der Waals surface area contributed by atoms with Gasteiger partial charge in [0.25, 0.3) is 0 Å². The van der Waals surface area contributed by atoms with Crippen molar-refractivity contribution in [1.29, 1.82) is 0 Å². The fourth-order valence-corrected chi connectivity index (χ4v) is 0.102. The minimum atomic E-state index is 0. The molecule has 0 N–H and O–H groups in total. The van der Waals surface area contributed by atoms with Crippen LogP contribution in [0.1, 0.15) is 27.2 Å². The molecule has 0 spiro atoms. The number of hydrogen-bond acceptors (Lipinski definition) is 1. The third-order valence-corrected chi connectivity index (χ3v) is 1.35. The van der Waals surface area contributed by atoms with Gasteiger partial charge in [0.2, 0.25) is 0 Å². The summed E-state index contributed by atoms with van der Waals surface area (Å²) in [6.07, 6.45) is 0.983. The number of rotatable bonds is 2. The normalized spacial score (nSPS) is 10.5. The molecular weight excluding hydrogens is 95.0 g/mol. The van der Waals surface area contributed by atoms with E-state index in [9.17, 15) is 5.11 Å². The molecule has 0 aliphatic rings. The molecule has 0 aromatic heterocycles. The Morgan fingerprint density at radius 2 is 1.75 bits per heavy atom. The molecule has 0 radical (unpaired) electrons. The summed E-state index contributed by atoms with van der Waals surface area (Å²) in [7, 11) is 0. The van der Waals surface area contributed by atoms with Crippen LogP contribution in [0.2, 0.25) is 0 Å². The topological polar surface area (TPSA) is 23.1 Å². The van der Waals surface area contributed by atoms with Crippen LogP contribution in [-0.4, -0.2) is 6.61 Å². The van der Waals surface area contributed by atoms with Gasteiger partial charge >= 0.3 is 18.9 Å². The first-order valence-electron chi connectivity index (χ1n) is 2.70. The Labute approximate surface area is 63.7 Å². The molecule has 0 aliphatic carbocycles. The Morgan fingerprint density at radius 1 is 1.38 bits per heavy atom. The summed E-state index contributed by atoms with van der Waals surface area (Å²) in [6.45, 7) is 6.06. The molecule has 0 atom stereocenters. The molecule has 0 aliphatic heterocycles. The van der Waals surface area contributed by atoms with Crippen molar-refractivity contribution in [2.75, 3.05) is 6.61 Å². The van der Waals surface area contributed by atoms with Crippen LogP contribution in [0.4, 0.5) is 0 Å². The second kappa shape index (κ2) is 4.44.